The van der Waals surface area contributed by atoms with Crippen LogP contribution in [0.4, 0.5) is 0 Å². The molecule has 1 N–H and O–H groups in total. The van der Waals surface area contributed by atoms with Crippen LogP contribution in [0.5, 0.6) is 0 Å². The van der Waals surface area contributed by atoms with Crippen molar-refractivity contribution < 1.29 is 4.79 Å². The number of rotatable bonds is 2. The van der Waals surface area contributed by atoms with E-state index in [1.165, 1.54) is 0 Å². The molecule has 3 aromatic rings. The molecule has 1 saturated heterocycles. The Morgan fingerprint density at radius 1 is 1.12 bits per heavy atom. The Morgan fingerprint density at radius 3 is 2.73 bits per heavy atom. The first-order chi connectivity index (χ1) is 12.7. The van der Waals surface area contributed by atoms with Crippen LogP contribution >= 0.6 is 11.6 Å². The van der Waals surface area contributed by atoms with Crippen molar-refractivity contribution in [1.29, 1.82) is 0 Å². The number of hydrogen-bond acceptors (Lipinski definition) is 4. The Morgan fingerprint density at radius 2 is 1.96 bits per heavy atom. The molecule has 0 saturated carbocycles. The summed E-state index contributed by atoms with van der Waals surface area (Å²) in [5.41, 5.74) is 2.48. The number of nitrogens with zero attached hydrogens (tertiary/aromatic N) is 4. The van der Waals surface area contributed by atoms with Gasteiger partial charge in [-0.25, -0.2) is 0 Å². The molecule has 1 amide bonds. The number of carbonyl (C=O) groups is 1. The maximum absolute atomic E-state index is 13.2. The summed E-state index contributed by atoms with van der Waals surface area (Å²) in [7, 11) is 0. The highest BCUT2D eigenvalue weighted by Crippen LogP contribution is 2.37. The van der Waals surface area contributed by atoms with E-state index in [0.717, 1.165) is 17.8 Å². The number of nitrogens with one attached hydrogen (secondary N) is 1. The van der Waals surface area contributed by atoms with Crippen molar-refractivity contribution in [3.8, 4) is 11.4 Å². The number of benzene rings is 1. The second-order valence-electron chi connectivity index (χ2n) is 6.54. The standard InChI is InChI=1S/C19H16ClN5O/c20-14-6-4-13(5-7-14)19-12-25-17(18(26)24(19)10-9-22-19)11-16(23-25)15-3-1-2-8-21-15/h1-8,11,22H,9-10,12H2. The van der Waals surface area contributed by atoms with E-state index >= 15 is 0 Å². The van der Waals surface area contributed by atoms with Crippen molar-refractivity contribution in [2.24, 2.45) is 0 Å². The van der Waals surface area contributed by atoms with Crippen LogP contribution < -0.4 is 5.32 Å². The van der Waals surface area contributed by atoms with E-state index in [2.05, 4.69) is 15.4 Å². The van der Waals surface area contributed by atoms with Crippen LogP contribution in [0.15, 0.2) is 54.7 Å². The van der Waals surface area contributed by atoms with Gasteiger partial charge in [-0.3, -0.25) is 19.8 Å². The minimum absolute atomic E-state index is 0.0223. The zero-order valence-corrected chi connectivity index (χ0v) is 14.6. The summed E-state index contributed by atoms with van der Waals surface area (Å²) in [6.45, 7) is 1.94. The molecule has 0 bridgehead atoms. The highest BCUT2D eigenvalue weighted by molar-refractivity contribution is 6.30. The molecule has 6 nitrogen and oxygen atoms in total. The predicted octanol–water partition coefficient (Wildman–Crippen LogP) is 2.51. The third kappa shape index (κ3) is 2.19. The molecule has 1 unspecified atom stereocenters. The lowest BCUT2D eigenvalue weighted by Crippen LogP contribution is -2.57. The van der Waals surface area contributed by atoms with Crippen LogP contribution in [0.25, 0.3) is 11.4 Å². The van der Waals surface area contributed by atoms with Crippen LogP contribution in [0, 0.1) is 0 Å². The van der Waals surface area contributed by atoms with Gasteiger partial charge < -0.3 is 4.90 Å². The molecule has 5 rings (SSSR count). The maximum atomic E-state index is 13.2. The molecule has 0 aliphatic carbocycles. The smallest absolute Gasteiger partial charge is 0.273 e. The number of fused-ring (bicyclic) bond motifs is 2. The van der Waals surface area contributed by atoms with Gasteiger partial charge in [-0.05, 0) is 35.9 Å². The van der Waals surface area contributed by atoms with Crippen LogP contribution in [-0.4, -0.2) is 38.7 Å². The molecule has 1 aromatic carbocycles. The van der Waals surface area contributed by atoms with E-state index in [1.807, 2.05) is 53.4 Å². The molecule has 1 fully saturated rings. The monoisotopic (exact) mass is 365 g/mol. The molecular weight excluding hydrogens is 350 g/mol. The summed E-state index contributed by atoms with van der Waals surface area (Å²) in [5.74, 6) is -0.0223. The number of hydrogen-bond donors (Lipinski definition) is 1. The van der Waals surface area contributed by atoms with Crippen molar-refractivity contribution in [1.82, 2.24) is 25.0 Å². The fourth-order valence-corrected chi connectivity index (χ4v) is 3.98. The molecular formula is C19H16ClN5O. The Balaban J connectivity index is 1.62. The third-order valence-electron chi connectivity index (χ3n) is 5.09. The van der Waals surface area contributed by atoms with Crippen molar-refractivity contribution in [2.45, 2.75) is 12.2 Å². The van der Waals surface area contributed by atoms with Crippen LogP contribution in [0.1, 0.15) is 16.1 Å². The quantitative estimate of drug-likeness (QED) is 0.758. The molecule has 1 atom stereocenters. The molecule has 7 heteroatoms. The van der Waals surface area contributed by atoms with Crippen molar-refractivity contribution in [3.63, 3.8) is 0 Å². The molecule has 0 radical (unpaired) electrons. The average molecular weight is 366 g/mol. The van der Waals surface area contributed by atoms with Crippen molar-refractivity contribution in [2.75, 3.05) is 13.1 Å². The lowest BCUT2D eigenvalue weighted by atomic mass is 9.96. The number of amides is 1. The normalized spacial score (nSPS) is 21.6. The van der Waals surface area contributed by atoms with E-state index < -0.39 is 5.66 Å². The fourth-order valence-electron chi connectivity index (χ4n) is 3.86. The van der Waals surface area contributed by atoms with Crippen molar-refractivity contribution >= 4 is 17.5 Å². The van der Waals surface area contributed by atoms with E-state index in [1.54, 1.807) is 10.9 Å². The molecule has 2 aromatic heterocycles. The summed E-state index contributed by atoms with van der Waals surface area (Å²) in [5, 5.41) is 8.85. The topological polar surface area (TPSA) is 63.1 Å². The molecule has 0 spiro atoms. The lowest BCUT2D eigenvalue weighted by molar-refractivity contribution is 0.0376. The predicted molar refractivity (Wildman–Crippen MR) is 97.6 cm³/mol. The summed E-state index contributed by atoms with van der Waals surface area (Å²) >= 11 is 6.05. The molecule has 2 aliphatic rings. The first kappa shape index (κ1) is 15.5. The molecule has 4 heterocycles. The van der Waals surface area contributed by atoms with Gasteiger partial charge in [0.05, 0.1) is 12.2 Å². The largest absolute Gasteiger partial charge is 0.312 e. The SMILES string of the molecule is O=C1c2cc(-c3ccccn3)nn2CC2(c3ccc(Cl)cc3)NCCN12. The van der Waals surface area contributed by atoms with Gasteiger partial charge >= 0.3 is 0 Å². The Hall–Kier alpha value is -2.70. The first-order valence-corrected chi connectivity index (χ1v) is 8.87. The van der Waals surface area contributed by atoms with Gasteiger partial charge in [0.25, 0.3) is 5.91 Å². The molecule has 26 heavy (non-hydrogen) atoms. The van der Waals surface area contributed by atoms with E-state index in [0.29, 0.717) is 29.5 Å². The fraction of sp³-hybridized carbons (Fsp3) is 0.211. The Bertz CT molecular complexity index is 985. The summed E-state index contributed by atoms with van der Waals surface area (Å²) in [4.78, 5) is 19.4. The van der Waals surface area contributed by atoms with E-state index in [-0.39, 0.29) is 5.91 Å². The van der Waals surface area contributed by atoms with Gasteiger partial charge in [0, 0.05) is 24.3 Å². The highest BCUT2D eigenvalue weighted by Gasteiger charge is 2.50. The average Bonchev–Trinajstić information content (AvgIpc) is 3.28. The van der Waals surface area contributed by atoms with Gasteiger partial charge in [0.15, 0.2) is 0 Å². The van der Waals surface area contributed by atoms with Crippen LogP contribution in [-0.2, 0) is 12.2 Å². The zero-order chi connectivity index (χ0) is 17.7. The van der Waals surface area contributed by atoms with Gasteiger partial charge in [0.1, 0.15) is 17.1 Å². The minimum Gasteiger partial charge on any atom is -0.312 e. The number of pyridine rings is 1. The highest BCUT2D eigenvalue weighted by atomic mass is 35.5. The maximum Gasteiger partial charge on any atom is 0.273 e. The second-order valence-corrected chi connectivity index (χ2v) is 6.97. The van der Waals surface area contributed by atoms with Gasteiger partial charge in [-0.1, -0.05) is 29.8 Å². The van der Waals surface area contributed by atoms with E-state index in [4.69, 9.17) is 11.6 Å². The summed E-state index contributed by atoms with van der Waals surface area (Å²) in [6.07, 6.45) is 1.73. The number of aromatic nitrogens is 3. The summed E-state index contributed by atoms with van der Waals surface area (Å²) in [6, 6.07) is 15.1. The van der Waals surface area contributed by atoms with Crippen LogP contribution in [0.2, 0.25) is 5.02 Å². The second kappa shape index (κ2) is 5.65. The molecule has 130 valence electrons. The van der Waals surface area contributed by atoms with Gasteiger partial charge in [-0.2, -0.15) is 5.10 Å². The number of halogens is 1. The van der Waals surface area contributed by atoms with E-state index in [9.17, 15) is 4.79 Å². The zero-order valence-electron chi connectivity index (χ0n) is 13.9. The Kier molecular flexibility index (Phi) is 3.38. The lowest BCUT2D eigenvalue weighted by Gasteiger charge is -2.42. The first-order valence-electron chi connectivity index (χ1n) is 8.50. The summed E-state index contributed by atoms with van der Waals surface area (Å²) < 4.78 is 1.79. The minimum atomic E-state index is -0.595. The van der Waals surface area contributed by atoms with Gasteiger partial charge in [0.2, 0.25) is 0 Å². The Labute approximate surface area is 155 Å². The van der Waals surface area contributed by atoms with Gasteiger partial charge in [-0.15, -0.1) is 0 Å². The molecule has 2 aliphatic heterocycles. The van der Waals surface area contributed by atoms with Crippen molar-refractivity contribution in [3.05, 3.63) is 71.0 Å². The number of carbonyl (C=O) groups excluding carboxylic acids is 1. The van der Waals surface area contributed by atoms with Crippen LogP contribution in [0.3, 0.4) is 0 Å². The third-order valence-corrected chi connectivity index (χ3v) is 5.34.